The third kappa shape index (κ3) is 4.86. The van der Waals surface area contributed by atoms with Crippen molar-refractivity contribution >= 4 is 40.8 Å². The van der Waals surface area contributed by atoms with Gasteiger partial charge in [0.25, 0.3) is 0 Å². The Kier molecular flexibility index (Phi) is 6.91. The van der Waals surface area contributed by atoms with Gasteiger partial charge in [0.05, 0.1) is 0 Å². The van der Waals surface area contributed by atoms with E-state index in [-0.39, 0.29) is 11.9 Å². The Balaban J connectivity index is 1.51. The summed E-state index contributed by atoms with van der Waals surface area (Å²) in [6.07, 6.45) is 1.70. The van der Waals surface area contributed by atoms with Crippen LogP contribution in [0.2, 0.25) is 0 Å². The van der Waals surface area contributed by atoms with Gasteiger partial charge < -0.3 is 15.0 Å². The molecule has 7 nitrogen and oxygen atoms in total. The van der Waals surface area contributed by atoms with Gasteiger partial charge in [-0.2, -0.15) is 4.98 Å². The van der Waals surface area contributed by atoms with Crippen molar-refractivity contribution in [3.05, 3.63) is 71.1 Å². The number of benzene rings is 2. The van der Waals surface area contributed by atoms with Crippen LogP contribution in [0.25, 0.3) is 0 Å². The van der Waals surface area contributed by atoms with Gasteiger partial charge in [0.15, 0.2) is 10.9 Å². The number of carbonyl (C=O) groups is 1. The van der Waals surface area contributed by atoms with Crippen LogP contribution in [0.15, 0.2) is 70.6 Å². The Morgan fingerprint density at radius 3 is 2.62 bits per heavy atom. The van der Waals surface area contributed by atoms with E-state index in [0.717, 1.165) is 30.1 Å². The molecular formula is C24H25N5O2S. The zero-order chi connectivity index (χ0) is 22.3. The zero-order valence-electron chi connectivity index (χ0n) is 17.9. The molecule has 2 heterocycles. The van der Waals surface area contributed by atoms with Gasteiger partial charge in [-0.15, -0.1) is 0 Å². The number of nitrogens with zero attached hydrogens (tertiary/aromatic N) is 4. The van der Waals surface area contributed by atoms with Gasteiger partial charge in [-0.05, 0) is 37.3 Å². The van der Waals surface area contributed by atoms with Crippen LogP contribution in [0.1, 0.15) is 23.3 Å². The lowest BCUT2D eigenvalue weighted by atomic mass is 10.2. The first kappa shape index (κ1) is 21.7. The molecule has 1 aliphatic rings. The lowest BCUT2D eigenvalue weighted by Gasteiger charge is -2.23. The van der Waals surface area contributed by atoms with E-state index in [1.54, 1.807) is 7.05 Å². The van der Waals surface area contributed by atoms with Crippen molar-refractivity contribution in [2.45, 2.75) is 25.4 Å². The molecule has 1 aromatic heterocycles. The standard InChI is InChI=1S/C24H25N5O2S/c1-25-21-20(23(26-2)31-18-12-7-4-8-13-18)32-24(28-21)29-15-9-14-19(29)22(30)27-16-17-10-5-3-6-11-17/h3-8,10-13,19H,1,9,14-16H2,2H3,(H,27,30)/t19-/m1/s1. The van der Waals surface area contributed by atoms with Gasteiger partial charge >= 0.3 is 0 Å². The van der Waals surface area contributed by atoms with E-state index in [9.17, 15) is 4.79 Å². The minimum absolute atomic E-state index is 0.00105. The SMILES string of the molecule is C=Nc1nc(N2CCC[C@@H]2C(=O)NCc2ccccc2)sc1C(=NC)Oc1ccccc1. The van der Waals surface area contributed by atoms with E-state index in [4.69, 9.17) is 4.74 Å². The zero-order valence-corrected chi connectivity index (χ0v) is 18.7. The predicted molar refractivity (Wildman–Crippen MR) is 130 cm³/mol. The second-order valence-electron chi connectivity index (χ2n) is 7.31. The molecule has 32 heavy (non-hydrogen) atoms. The molecule has 1 fully saturated rings. The van der Waals surface area contributed by atoms with Crippen LogP contribution >= 0.6 is 11.3 Å². The summed E-state index contributed by atoms with van der Waals surface area (Å²) in [5, 5.41) is 3.77. The van der Waals surface area contributed by atoms with Crippen molar-refractivity contribution in [2.75, 3.05) is 18.5 Å². The molecule has 1 aliphatic heterocycles. The number of aromatic nitrogens is 1. The number of carbonyl (C=O) groups excluding carboxylic acids is 1. The molecule has 4 rings (SSSR count). The summed E-state index contributed by atoms with van der Waals surface area (Å²) in [6.45, 7) is 4.92. The second kappa shape index (κ2) is 10.2. The normalized spacial score (nSPS) is 16.1. The van der Waals surface area contributed by atoms with Gasteiger partial charge in [-0.3, -0.25) is 9.79 Å². The fraction of sp³-hybridized carbons (Fsp3) is 0.250. The van der Waals surface area contributed by atoms with Crippen LogP contribution < -0.4 is 15.0 Å². The molecule has 3 aromatic rings. The van der Waals surface area contributed by atoms with Gasteiger partial charge in [-0.1, -0.05) is 59.9 Å². The number of thiazole rings is 1. The second-order valence-corrected chi connectivity index (χ2v) is 8.28. The molecule has 2 aromatic carbocycles. The maximum atomic E-state index is 12.9. The quantitative estimate of drug-likeness (QED) is 0.435. The summed E-state index contributed by atoms with van der Waals surface area (Å²) < 4.78 is 5.96. The largest absolute Gasteiger partial charge is 0.438 e. The maximum Gasteiger partial charge on any atom is 0.243 e. The van der Waals surface area contributed by atoms with Crippen LogP contribution in [0.4, 0.5) is 10.9 Å². The Hall–Kier alpha value is -3.52. The number of anilines is 1. The molecule has 8 heteroatoms. The first-order valence-electron chi connectivity index (χ1n) is 10.5. The Morgan fingerprint density at radius 1 is 1.22 bits per heavy atom. The highest BCUT2D eigenvalue weighted by molar-refractivity contribution is 7.18. The molecule has 0 spiro atoms. The topological polar surface area (TPSA) is 79.2 Å². The average Bonchev–Trinajstić information content (AvgIpc) is 3.49. The number of aliphatic imine (C=N–C) groups is 2. The molecule has 1 N–H and O–H groups in total. The number of amides is 1. The van der Waals surface area contributed by atoms with E-state index in [1.165, 1.54) is 11.3 Å². The fourth-order valence-electron chi connectivity index (χ4n) is 3.64. The molecule has 1 amide bonds. The summed E-state index contributed by atoms with van der Waals surface area (Å²) in [4.78, 5) is 28.7. The van der Waals surface area contributed by atoms with Crippen molar-refractivity contribution in [1.29, 1.82) is 0 Å². The van der Waals surface area contributed by atoms with Gasteiger partial charge in [-0.25, -0.2) is 4.99 Å². The summed E-state index contributed by atoms with van der Waals surface area (Å²) in [7, 11) is 1.67. The van der Waals surface area contributed by atoms with E-state index in [2.05, 4.69) is 27.0 Å². The summed E-state index contributed by atoms with van der Waals surface area (Å²) in [5.74, 6) is 1.56. The van der Waals surface area contributed by atoms with Crippen molar-refractivity contribution in [1.82, 2.24) is 10.3 Å². The van der Waals surface area contributed by atoms with Crippen LogP contribution in [0, 0.1) is 0 Å². The van der Waals surface area contributed by atoms with Crippen LogP contribution in [0.3, 0.4) is 0 Å². The van der Waals surface area contributed by atoms with Gasteiger partial charge in [0.1, 0.15) is 16.7 Å². The highest BCUT2D eigenvalue weighted by Crippen LogP contribution is 2.36. The van der Waals surface area contributed by atoms with Crippen LogP contribution in [-0.2, 0) is 11.3 Å². The smallest absolute Gasteiger partial charge is 0.243 e. The molecule has 0 saturated carbocycles. The Morgan fingerprint density at radius 2 is 1.94 bits per heavy atom. The first-order chi connectivity index (χ1) is 15.7. The Labute approximate surface area is 191 Å². The molecule has 0 aliphatic carbocycles. The summed E-state index contributed by atoms with van der Waals surface area (Å²) >= 11 is 1.41. The predicted octanol–water partition coefficient (Wildman–Crippen LogP) is 4.22. The van der Waals surface area contributed by atoms with Crippen molar-refractivity contribution in [2.24, 2.45) is 9.98 Å². The monoisotopic (exact) mass is 447 g/mol. The lowest BCUT2D eigenvalue weighted by Crippen LogP contribution is -2.43. The molecule has 0 radical (unpaired) electrons. The maximum absolute atomic E-state index is 12.9. The van der Waals surface area contributed by atoms with E-state index < -0.39 is 0 Å². The van der Waals surface area contributed by atoms with Crippen molar-refractivity contribution < 1.29 is 9.53 Å². The highest BCUT2D eigenvalue weighted by atomic mass is 32.1. The minimum Gasteiger partial charge on any atom is -0.438 e. The first-order valence-corrected chi connectivity index (χ1v) is 11.3. The van der Waals surface area contributed by atoms with Crippen LogP contribution in [0.5, 0.6) is 5.75 Å². The number of ether oxygens (including phenoxy) is 1. The van der Waals surface area contributed by atoms with Gasteiger partial charge in [0.2, 0.25) is 11.8 Å². The molecule has 1 saturated heterocycles. The summed E-state index contributed by atoms with van der Waals surface area (Å²) in [5.41, 5.74) is 1.07. The van der Waals surface area contributed by atoms with Crippen molar-refractivity contribution in [3.63, 3.8) is 0 Å². The number of para-hydroxylation sites is 1. The number of nitrogens with one attached hydrogen (secondary N) is 1. The fourth-order valence-corrected chi connectivity index (χ4v) is 4.71. The lowest BCUT2D eigenvalue weighted by molar-refractivity contribution is -0.122. The number of hydrogen-bond donors (Lipinski definition) is 1. The number of rotatable bonds is 7. The highest BCUT2D eigenvalue weighted by Gasteiger charge is 2.33. The van der Waals surface area contributed by atoms with Crippen LogP contribution in [-0.4, -0.2) is 43.1 Å². The molecule has 1 atom stereocenters. The van der Waals surface area contributed by atoms with E-state index >= 15 is 0 Å². The molecule has 0 bridgehead atoms. The molecule has 164 valence electrons. The number of hydrogen-bond acceptors (Lipinski definition) is 7. The third-order valence-electron chi connectivity index (χ3n) is 5.21. The van der Waals surface area contributed by atoms with Gasteiger partial charge in [0, 0.05) is 20.1 Å². The average molecular weight is 448 g/mol. The summed E-state index contributed by atoms with van der Waals surface area (Å²) in [6, 6.07) is 19.1. The van der Waals surface area contributed by atoms with E-state index in [1.807, 2.05) is 65.6 Å². The van der Waals surface area contributed by atoms with E-state index in [0.29, 0.717) is 28.9 Å². The molecular weight excluding hydrogens is 422 g/mol. The Bertz CT molecular complexity index is 1100. The molecule has 0 unspecified atom stereocenters. The minimum atomic E-state index is -0.271. The van der Waals surface area contributed by atoms with Crippen molar-refractivity contribution in [3.8, 4) is 5.75 Å². The third-order valence-corrected chi connectivity index (χ3v) is 6.28.